The van der Waals surface area contributed by atoms with Crippen molar-refractivity contribution in [1.29, 1.82) is 0 Å². The van der Waals surface area contributed by atoms with Crippen molar-refractivity contribution in [1.82, 2.24) is 0 Å². The molecule has 0 heterocycles. The zero-order valence-electron chi connectivity index (χ0n) is 21.8. The zero-order chi connectivity index (χ0) is 26.9. The number of rotatable bonds is 11. The molecule has 0 aliphatic carbocycles. The van der Waals surface area contributed by atoms with Crippen LogP contribution in [0.25, 0.3) is 16.8 Å². The van der Waals surface area contributed by atoms with Gasteiger partial charge in [-0.3, -0.25) is 0 Å². The highest BCUT2D eigenvalue weighted by Crippen LogP contribution is 2.27. The Morgan fingerprint density at radius 2 is 1.59 bits per heavy atom. The first-order valence-electron chi connectivity index (χ1n) is 12.4. The second-order valence-electron chi connectivity index (χ2n) is 9.43. The lowest BCUT2D eigenvalue weighted by Gasteiger charge is -2.12. The number of benzene rings is 3. The average Bonchev–Trinajstić information content (AvgIpc) is 2.87. The van der Waals surface area contributed by atoms with E-state index in [0.29, 0.717) is 12.1 Å². The number of halogens is 2. The summed E-state index contributed by atoms with van der Waals surface area (Å²) in [6, 6.07) is 18.9. The molecule has 0 amide bonds. The fraction of sp³-hybridized carbons (Fsp3) is 0.176. The van der Waals surface area contributed by atoms with Gasteiger partial charge in [-0.2, -0.15) is 0 Å². The normalized spacial score (nSPS) is 11.6. The minimum absolute atomic E-state index is 0.573. The quantitative estimate of drug-likeness (QED) is 0.264. The second-order valence-corrected chi connectivity index (χ2v) is 9.43. The van der Waals surface area contributed by atoms with E-state index in [1.165, 1.54) is 17.7 Å². The van der Waals surface area contributed by atoms with E-state index in [2.05, 4.69) is 62.2 Å². The molecule has 0 aliphatic rings. The summed E-state index contributed by atoms with van der Waals surface area (Å²) in [5.41, 5.74) is 15.9. The third kappa shape index (κ3) is 7.75. The van der Waals surface area contributed by atoms with Gasteiger partial charge in [0.1, 0.15) is 0 Å². The van der Waals surface area contributed by atoms with Crippen molar-refractivity contribution in [3.8, 4) is 11.1 Å². The van der Waals surface area contributed by atoms with Gasteiger partial charge in [-0.05, 0) is 96.7 Å². The first kappa shape index (κ1) is 27.6. The summed E-state index contributed by atoms with van der Waals surface area (Å²) in [5, 5.41) is 0. The highest BCUT2D eigenvalue weighted by Gasteiger charge is 2.07. The fourth-order valence-electron chi connectivity index (χ4n) is 4.25. The number of aryl methyl sites for hydroxylation is 3. The summed E-state index contributed by atoms with van der Waals surface area (Å²) in [4.78, 5) is 0. The number of hydrogen-bond donors (Lipinski definition) is 1. The molecule has 0 saturated heterocycles. The molecule has 0 fully saturated rings. The van der Waals surface area contributed by atoms with Gasteiger partial charge in [0.05, 0.1) is 0 Å². The van der Waals surface area contributed by atoms with Crippen LogP contribution in [-0.4, -0.2) is 0 Å². The Morgan fingerprint density at radius 3 is 2.30 bits per heavy atom. The Kier molecular flexibility index (Phi) is 9.57. The SMILES string of the molecule is C=C(C)/C(=C\C=C/CCc1ccc(F)c(F)c1)C(=C)CCc1cccc(-c2ccc(C)c(C(=C)N)c2)c1. The molecule has 0 bridgehead atoms. The maximum atomic E-state index is 13.4. The lowest BCUT2D eigenvalue weighted by molar-refractivity contribution is 0.507. The van der Waals surface area contributed by atoms with Crippen LogP contribution in [0.2, 0.25) is 0 Å². The third-order valence-electron chi connectivity index (χ3n) is 6.38. The Balaban J connectivity index is 1.62. The molecule has 3 aromatic rings. The maximum absolute atomic E-state index is 13.4. The minimum atomic E-state index is -0.819. The van der Waals surface area contributed by atoms with Crippen LogP contribution in [0.4, 0.5) is 8.78 Å². The van der Waals surface area contributed by atoms with Gasteiger partial charge in [-0.1, -0.05) is 86.0 Å². The molecule has 3 aromatic carbocycles. The van der Waals surface area contributed by atoms with Crippen LogP contribution in [0.3, 0.4) is 0 Å². The molecule has 0 aromatic heterocycles. The molecular formula is C34H35F2N. The van der Waals surface area contributed by atoms with Crippen molar-refractivity contribution in [3.63, 3.8) is 0 Å². The van der Waals surface area contributed by atoms with E-state index in [-0.39, 0.29) is 0 Å². The van der Waals surface area contributed by atoms with Gasteiger partial charge in [0.15, 0.2) is 11.6 Å². The van der Waals surface area contributed by atoms with Gasteiger partial charge in [0.2, 0.25) is 0 Å². The van der Waals surface area contributed by atoms with Crippen molar-refractivity contribution in [3.05, 3.63) is 149 Å². The monoisotopic (exact) mass is 495 g/mol. The van der Waals surface area contributed by atoms with Gasteiger partial charge in [-0.15, -0.1) is 0 Å². The molecule has 3 heteroatoms. The van der Waals surface area contributed by atoms with Crippen molar-refractivity contribution < 1.29 is 8.78 Å². The molecule has 0 radical (unpaired) electrons. The van der Waals surface area contributed by atoms with Crippen LogP contribution >= 0.6 is 0 Å². The molecule has 3 rings (SSSR count). The minimum Gasteiger partial charge on any atom is -0.399 e. The van der Waals surface area contributed by atoms with Crippen LogP contribution in [-0.2, 0) is 12.8 Å². The molecular weight excluding hydrogens is 460 g/mol. The predicted octanol–water partition coefficient (Wildman–Crippen LogP) is 9.05. The predicted molar refractivity (Wildman–Crippen MR) is 154 cm³/mol. The molecule has 2 N–H and O–H groups in total. The van der Waals surface area contributed by atoms with Crippen molar-refractivity contribution in [2.75, 3.05) is 0 Å². The second kappa shape index (κ2) is 12.8. The molecule has 37 heavy (non-hydrogen) atoms. The van der Waals surface area contributed by atoms with Gasteiger partial charge >= 0.3 is 0 Å². The first-order valence-corrected chi connectivity index (χ1v) is 12.4. The van der Waals surface area contributed by atoms with Crippen LogP contribution < -0.4 is 5.73 Å². The standard InChI is InChI=1S/C34H35F2N/c1-23(2)31(13-8-6-7-10-28-17-19-33(35)34(36)21-28)24(3)14-16-27-11-9-12-29(20-27)30-18-15-25(4)32(22-30)26(5)37/h6,8-9,11-13,15,17-22H,1,3,5,7,10,14,16,37H2,2,4H3/b8-6-,31-13+. The smallest absolute Gasteiger partial charge is 0.159 e. The van der Waals surface area contributed by atoms with E-state index < -0.39 is 11.6 Å². The number of nitrogens with two attached hydrogens (primary N) is 1. The topological polar surface area (TPSA) is 26.0 Å². The first-order chi connectivity index (χ1) is 17.7. The Bertz CT molecular complexity index is 1370. The van der Waals surface area contributed by atoms with Crippen molar-refractivity contribution in [2.45, 2.75) is 39.5 Å². The van der Waals surface area contributed by atoms with E-state index in [0.717, 1.165) is 63.8 Å². The van der Waals surface area contributed by atoms with Crippen LogP contribution in [0.1, 0.15) is 42.0 Å². The lowest BCUT2D eigenvalue weighted by atomic mass is 9.93. The molecule has 0 unspecified atom stereocenters. The van der Waals surface area contributed by atoms with Crippen LogP contribution in [0.5, 0.6) is 0 Å². The van der Waals surface area contributed by atoms with Gasteiger partial charge in [0.25, 0.3) is 0 Å². The lowest BCUT2D eigenvalue weighted by Crippen LogP contribution is -1.97. The van der Waals surface area contributed by atoms with Crippen molar-refractivity contribution in [2.24, 2.45) is 5.73 Å². The Labute approximate surface area is 220 Å². The summed E-state index contributed by atoms with van der Waals surface area (Å²) < 4.78 is 26.5. The summed E-state index contributed by atoms with van der Waals surface area (Å²) in [6.45, 7) is 16.3. The molecule has 190 valence electrons. The fourth-order valence-corrected chi connectivity index (χ4v) is 4.25. The highest BCUT2D eigenvalue weighted by molar-refractivity contribution is 5.72. The summed E-state index contributed by atoms with van der Waals surface area (Å²) in [6.07, 6.45) is 9.07. The van der Waals surface area contributed by atoms with E-state index in [1.54, 1.807) is 6.07 Å². The average molecular weight is 496 g/mol. The number of hydrogen-bond acceptors (Lipinski definition) is 1. The third-order valence-corrected chi connectivity index (χ3v) is 6.38. The summed E-state index contributed by atoms with van der Waals surface area (Å²) in [7, 11) is 0. The van der Waals surface area contributed by atoms with E-state index in [9.17, 15) is 8.78 Å². The zero-order valence-corrected chi connectivity index (χ0v) is 21.8. The Hall–Kier alpha value is -3.98. The molecule has 0 spiro atoms. The van der Waals surface area contributed by atoms with E-state index in [4.69, 9.17) is 5.73 Å². The summed E-state index contributed by atoms with van der Waals surface area (Å²) in [5.74, 6) is -1.63. The van der Waals surface area contributed by atoms with Crippen LogP contribution in [0, 0.1) is 18.6 Å². The van der Waals surface area contributed by atoms with E-state index in [1.807, 2.05) is 32.1 Å². The van der Waals surface area contributed by atoms with E-state index >= 15 is 0 Å². The van der Waals surface area contributed by atoms with Crippen LogP contribution in [0.15, 0.2) is 115 Å². The van der Waals surface area contributed by atoms with Crippen molar-refractivity contribution >= 4 is 5.70 Å². The maximum Gasteiger partial charge on any atom is 0.159 e. The molecule has 0 atom stereocenters. The molecule has 0 aliphatic heterocycles. The molecule has 0 saturated carbocycles. The van der Waals surface area contributed by atoms with Gasteiger partial charge in [0, 0.05) is 11.3 Å². The van der Waals surface area contributed by atoms with Gasteiger partial charge in [-0.25, -0.2) is 8.78 Å². The highest BCUT2D eigenvalue weighted by atomic mass is 19.2. The Morgan fingerprint density at radius 1 is 0.865 bits per heavy atom. The molecule has 1 nitrogen and oxygen atoms in total. The van der Waals surface area contributed by atoms with Gasteiger partial charge < -0.3 is 5.73 Å². The largest absolute Gasteiger partial charge is 0.399 e. The number of allylic oxidation sites excluding steroid dienone is 6. The summed E-state index contributed by atoms with van der Waals surface area (Å²) >= 11 is 0.